The van der Waals surface area contributed by atoms with Crippen LogP contribution in [0.4, 0.5) is 10.1 Å². The van der Waals surface area contributed by atoms with Crippen molar-refractivity contribution in [1.82, 2.24) is 14.7 Å². The van der Waals surface area contributed by atoms with Gasteiger partial charge in [-0.2, -0.15) is 0 Å². The molecule has 2 aliphatic heterocycles. The van der Waals surface area contributed by atoms with E-state index in [9.17, 15) is 18.8 Å². The highest BCUT2D eigenvalue weighted by atomic mass is 19.1. The van der Waals surface area contributed by atoms with Crippen LogP contribution in [0.1, 0.15) is 22.8 Å². The molecule has 2 heterocycles. The maximum absolute atomic E-state index is 14.0. The molecule has 0 atom stereocenters. The molecule has 168 valence electrons. The number of hydrogen-bond donors (Lipinski definition) is 0. The van der Waals surface area contributed by atoms with Gasteiger partial charge in [0.1, 0.15) is 5.82 Å². The highest BCUT2D eigenvalue weighted by molar-refractivity contribution is 6.35. The van der Waals surface area contributed by atoms with Crippen LogP contribution in [-0.4, -0.2) is 78.2 Å². The first-order chi connectivity index (χ1) is 15.5. The standard InChI is InChI=1S/C24H27FN4O3/c1-2-26-11-16-29(24(32)23(26)31)17-18-7-9-19(10-8-18)22(30)28-14-12-27(13-15-28)21-6-4-3-5-20(21)25/h3-10H,2,11-17H2,1H3. The Morgan fingerprint density at radius 1 is 0.844 bits per heavy atom. The van der Waals surface area contributed by atoms with E-state index < -0.39 is 11.8 Å². The van der Waals surface area contributed by atoms with Crippen molar-refractivity contribution >= 4 is 23.4 Å². The van der Waals surface area contributed by atoms with Crippen molar-refractivity contribution < 1.29 is 18.8 Å². The highest BCUT2D eigenvalue weighted by Crippen LogP contribution is 2.21. The first-order valence-corrected chi connectivity index (χ1v) is 10.9. The minimum absolute atomic E-state index is 0.0625. The minimum atomic E-state index is -0.481. The Balaban J connectivity index is 1.33. The molecule has 2 fully saturated rings. The summed E-state index contributed by atoms with van der Waals surface area (Å²) >= 11 is 0. The summed E-state index contributed by atoms with van der Waals surface area (Å²) in [4.78, 5) is 44.1. The van der Waals surface area contributed by atoms with Gasteiger partial charge in [0, 0.05) is 57.9 Å². The second kappa shape index (κ2) is 9.38. The molecule has 0 N–H and O–H groups in total. The molecule has 2 aromatic rings. The summed E-state index contributed by atoms with van der Waals surface area (Å²) in [6, 6.07) is 13.9. The molecule has 4 rings (SSSR count). The van der Waals surface area contributed by atoms with Gasteiger partial charge in [0.05, 0.1) is 5.69 Å². The summed E-state index contributed by atoms with van der Waals surface area (Å²) in [6.07, 6.45) is 0. The summed E-state index contributed by atoms with van der Waals surface area (Å²) in [5, 5.41) is 0. The number of carbonyl (C=O) groups is 3. The molecule has 0 bridgehead atoms. The number of rotatable bonds is 5. The second-order valence-corrected chi connectivity index (χ2v) is 8.04. The molecule has 0 saturated carbocycles. The fraction of sp³-hybridized carbons (Fsp3) is 0.375. The van der Waals surface area contributed by atoms with Crippen LogP contribution in [0.5, 0.6) is 0 Å². The van der Waals surface area contributed by atoms with Crippen LogP contribution in [0.25, 0.3) is 0 Å². The molecule has 0 unspecified atom stereocenters. The Kier molecular flexibility index (Phi) is 6.39. The zero-order valence-corrected chi connectivity index (χ0v) is 18.2. The average molecular weight is 439 g/mol. The molecular formula is C24H27FN4O3. The summed E-state index contributed by atoms with van der Waals surface area (Å²) in [5.74, 6) is -1.25. The van der Waals surface area contributed by atoms with Crippen molar-refractivity contribution in [2.24, 2.45) is 0 Å². The fourth-order valence-electron chi connectivity index (χ4n) is 4.18. The van der Waals surface area contributed by atoms with Gasteiger partial charge in [-0.1, -0.05) is 24.3 Å². The number of benzene rings is 2. The molecule has 2 saturated heterocycles. The number of piperazine rings is 2. The van der Waals surface area contributed by atoms with E-state index in [4.69, 9.17) is 0 Å². The lowest BCUT2D eigenvalue weighted by molar-refractivity contribution is -0.156. The lowest BCUT2D eigenvalue weighted by atomic mass is 10.1. The fourth-order valence-corrected chi connectivity index (χ4v) is 4.18. The molecule has 0 spiro atoms. The highest BCUT2D eigenvalue weighted by Gasteiger charge is 2.31. The maximum Gasteiger partial charge on any atom is 0.312 e. The van der Waals surface area contributed by atoms with Crippen molar-refractivity contribution in [3.05, 3.63) is 65.5 Å². The third kappa shape index (κ3) is 4.44. The second-order valence-electron chi connectivity index (χ2n) is 8.04. The van der Waals surface area contributed by atoms with Crippen LogP contribution in [0, 0.1) is 5.82 Å². The number of halogens is 1. The number of hydrogen-bond acceptors (Lipinski definition) is 4. The first-order valence-electron chi connectivity index (χ1n) is 10.9. The molecule has 32 heavy (non-hydrogen) atoms. The Hall–Kier alpha value is -3.42. The van der Waals surface area contributed by atoms with Gasteiger partial charge in [-0.05, 0) is 36.8 Å². The summed E-state index contributed by atoms with van der Waals surface area (Å²) in [6.45, 7) is 5.97. The molecule has 0 aliphatic carbocycles. The molecule has 2 aliphatic rings. The summed E-state index contributed by atoms with van der Waals surface area (Å²) in [5.41, 5.74) is 2.01. The van der Waals surface area contributed by atoms with Crippen LogP contribution in [0.2, 0.25) is 0 Å². The van der Waals surface area contributed by atoms with E-state index in [0.717, 1.165) is 5.56 Å². The van der Waals surface area contributed by atoms with Gasteiger partial charge in [-0.3, -0.25) is 14.4 Å². The SMILES string of the molecule is CCN1CCN(Cc2ccc(C(=O)N3CCN(c4ccccc4F)CC3)cc2)C(=O)C1=O. The molecular weight excluding hydrogens is 411 g/mol. The topological polar surface area (TPSA) is 64.2 Å². The van der Waals surface area contributed by atoms with E-state index in [1.54, 1.807) is 39.0 Å². The van der Waals surface area contributed by atoms with Crippen LogP contribution in [0.15, 0.2) is 48.5 Å². The third-order valence-electron chi connectivity index (χ3n) is 6.11. The van der Waals surface area contributed by atoms with Gasteiger partial charge >= 0.3 is 11.8 Å². The van der Waals surface area contributed by atoms with E-state index in [1.165, 1.54) is 6.07 Å². The van der Waals surface area contributed by atoms with Gasteiger partial charge in [-0.25, -0.2) is 4.39 Å². The molecule has 2 aromatic carbocycles. The quantitative estimate of drug-likeness (QED) is 0.670. The van der Waals surface area contributed by atoms with E-state index in [0.29, 0.717) is 63.6 Å². The van der Waals surface area contributed by atoms with Crippen LogP contribution >= 0.6 is 0 Å². The lowest BCUT2D eigenvalue weighted by Crippen LogP contribution is -2.53. The summed E-state index contributed by atoms with van der Waals surface area (Å²) < 4.78 is 14.0. The number of anilines is 1. The number of nitrogens with zero attached hydrogens (tertiary/aromatic N) is 4. The van der Waals surface area contributed by atoms with E-state index in [1.807, 2.05) is 30.0 Å². The zero-order chi connectivity index (χ0) is 22.7. The Labute approximate surface area is 187 Å². The van der Waals surface area contributed by atoms with Crippen molar-refractivity contribution in [2.75, 3.05) is 50.7 Å². The predicted octanol–water partition coefficient (Wildman–Crippen LogP) is 1.98. The van der Waals surface area contributed by atoms with Crippen molar-refractivity contribution in [3.63, 3.8) is 0 Å². The molecule has 3 amide bonds. The molecule has 0 radical (unpaired) electrons. The third-order valence-corrected chi connectivity index (χ3v) is 6.11. The largest absolute Gasteiger partial charge is 0.366 e. The number of amides is 3. The summed E-state index contributed by atoms with van der Waals surface area (Å²) in [7, 11) is 0. The monoisotopic (exact) mass is 438 g/mol. The van der Waals surface area contributed by atoms with Crippen LogP contribution in [-0.2, 0) is 16.1 Å². The zero-order valence-electron chi connectivity index (χ0n) is 18.2. The predicted molar refractivity (Wildman–Crippen MR) is 119 cm³/mol. The Morgan fingerprint density at radius 3 is 2.12 bits per heavy atom. The average Bonchev–Trinajstić information content (AvgIpc) is 2.83. The molecule has 8 heteroatoms. The minimum Gasteiger partial charge on any atom is -0.366 e. The van der Waals surface area contributed by atoms with Crippen LogP contribution < -0.4 is 4.90 Å². The number of likely N-dealkylation sites (N-methyl/N-ethyl adjacent to an activating group) is 1. The van der Waals surface area contributed by atoms with Crippen molar-refractivity contribution in [1.29, 1.82) is 0 Å². The normalized spacial score (nSPS) is 17.2. The number of para-hydroxylation sites is 1. The smallest absolute Gasteiger partial charge is 0.312 e. The Morgan fingerprint density at radius 2 is 1.47 bits per heavy atom. The maximum atomic E-state index is 14.0. The van der Waals surface area contributed by atoms with E-state index in [2.05, 4.69) is 0 Å². The molecule has 0 aromatic heterocycles. The van der Waals surface area contributed by atoms with Crippen molar-refractivity contribution in [2.45, 2.75) is 13.5 Å². The van der Waals surface area contributed by atoms with Gasteiger partial charge < -0.3 is 19.6 Å². The lowest BCUT2D eigenvalue weighted by Gasteiger charge is -2.36. The molecule has 7 nitrogen and oxygen atoms in total. The van der Waals surface area contributed by atoms with Gasteiger partial charge in [0.2, 0.25) is 0 Å². The van der Waals surface area contributed by atoms with E-state index in [-0.39, 0.29) is 11.7 Å². The van der Waals surface area contributed by atoms with E-state index >= 15 is 0 Å². The van der Waals surface area contributed by atoms with Gasteiger partial charge in [-0.15, -0.1) is 0 Å². The Bertz CT molecular complexity index is 1000. The van der Waals surface area contributed by atoms with Gasteiger partial charge in [0.15, 0.2) is 0 Å². The first kappa shape index (κ1) is 21.8. The van der Waals surface area contributed by atoms with Crippen molar-refractivity contribution in [3.8, 4) is 0 Å². The van der Waals surface area contributed by atoms with Gasteiger partial charge in [0.25, 0.3) is 5.91 Å². The number of carbonyl (C=O) groups excluding carboxylic acids is 3. The van der Waals surface area contributed by atoms with Crippen LogP contribution in [0.3, 0.4) is 0 Å².